The number of nitrogens with one attached hydrogen (secondary N) is 1. The van der Waals surface area contributed by atoms with Gasteiger partial charge in [-0.25, -0.2) is 4.68 Å². The molecule has 1 saturated heterocycles. The number of carbonyl (C=O) groups excluding carboxylic acids is 1. The van der Waals surface area contributed by atoms with Crippen LogP contribution in [0.15, 0.2) is 40.9 Å². The van der Waals surface area contributed by atoms with Gasteiger partial charge in [-0.05, 0) is 19.4 Å². The number of anilines is 1. The van der Waals surface area contributed by atoms with E-state index in [0.717, 1.165) is 44.0 Å². The Morgan fingerprint density at radius 1 is 1.10 bits per heavy atom. The van der Waals surface area contributed by atoms with E-state index < -0.39 is 0 Å². The summed E-state index contributed by atoms with van der Waals surface area (Å²) >= 11 is 6.67. The summed E-state index contributed by atoms with van der Waals surface area (Å²) < 4.78 is 6.85. The average Bonchev–Trinajstić information content (AvgIpc) is 3.27. The van der Waals surface area contributed by atoms with Crippen molar-refractivity contribution in [2.75, 3.05) is 38.0 Å². The molecule has 2 aromatic heterocycles. The topological polar surface area (TPSA) is 79.4 Å². The molecular formula is C22H27ClN6O2. The molecule has 1 amide bonds. The molecule has 4 rings (SSSR count). The predicted molar refractivity (Wildman–Crippen MR) is 119 cm³/mol. The predicted octanol–water partition coefficient (Wildman–Crippen LogP) is 2.95. The van der Waals surface area contributed by atoms with Gasteiger partial charge in [-0.15, -0.1) is 0 Å². The van der Waals surface area contributed by atoms with Crippen LogP contribution in [0.2, 0.25) is 5.15 Å². The molecule has 0 bridgehead atoms. The minimum absolute atomic E-state index is 0.0807. The smallest absolute Gasteiger partial charge is 0.239 e. The second kappa shape index (κ2) is 9.64. The van der Waals surface area contributed by atoms with Crippen LogP contribution in [0.3, 0.4) is 0 Å². The summed E-state index contributed by atoms with van der Waals surface area (Å²) in [6.07, 6.45) is 0. The third-order valence-electron chi connectivity index (χ3n) is 5.47. The molecule has 0 spiro atoms. The molecule has 0 atom stereocenters. The molecule has 1 N–H and O–H groups in total. The number of hydrogen-bond acceptors (Lipinski definition) is 6. The fourth-order valence-electron chi connectivity index (χ4n) is 3.77. The first-order valence-electron chi connectivity index (χ1n) is 10.4. The summed E-state index contributed by atoms with van der Waals surface area (Å²) in [6.45, 7) is 8.95. The van der Waals surface area contributed by atoms with E-state index in [1.165, 1.54) is 5.56 Å². The van der Waals surface area contributed by atoms with Crippen LogP contribution < -0.4 is 5.32 Å². The van der Waals surface area contributed by atoms with E-state index in [1.807, 2.05) is 29.8 Å². The summed E-state index contributed by atoms with van der Waals surface area (Å²) in [5.74, 6) is 1.05. The summed E-state index contributed by atoms with van der Waals surface area (Å²) in [6, 6.07) is 11.9. The number of halogens is 1. The quantitative estimate of drug-likeness (QED) is 0.606. The van der Waals surface area contributed by atoms with Crippen LogP contribution in [0.5, 0.6) is 0 Å². The number of piperazine rings is 1. The van der Waals surface area contributed by atoms with Crippen LogP contribution in [-0.2, 0) is 17.9 Å². The van der Waals surface area contributed by atoms with Crippen LogP contribution in [0.1, 0.15) is 22.6 Å². The lowest BCUT2D eigenvalue weighted by molar-refractivity contribution is -0.117. The van der Waals surface area contributed by atoms with Crippen molar-refractivity contribution in [1.82, 2.24) is 24.7 Å². The number of nitrogens with zero attached hydrogens (tertiary/aromatic N) is 5. The number of benzene rings is 1. The van der Waals surface area contributed by atoms with Gasteiger partial charge in [0.1, 0.15) is 10.9 Å². The van der Waals surface area contributed by atoms with Crippen molar-refractivity contribution in [2.24, 2.45) is 0 Å². The van der Waals surface area contributed by atoms with E-state index in [-0.39, 0.29) is 5.91 Å². The summed E-state index contributed by atoms with van der Waals surface area (Å²) in [7, 11) is 0. The number of amides is 1. The van der Waals surface area contributed by atoms with Gasteiger partial charge in [0.25, 0.3) is 0 Å². The Morgan fingerprint density at radius 3 is 2.48 bits per heavy atom. The number of aromatic nitrogens is 3. The first-order chi connectivity index (χ1) is 15.0. The van der Waals surface area contributed by atoms with Gasteiger partial charge in [-0.2, -0.15) is 5.10 Å². The highest BCUT2D eigenvalue weighted by Gasteiger charge is 2.22. The van der Waals surface area contributed by atoms with Crippen LogP contribution in [0.4, 0.5) is 5.82 Å². The number of hydrogen-bond donors (Lipinski definition) is 1. The lowest BCUT2D eigenvalue weighted by Crippen LogP contribution is -2.48. The average molecular weight is 443 g/mol. The Labute approximate surface area is 186 Å². The van der Waals surface area contributed by atoms with Gasteiger partial charge >= 0.3 is 0 Å². The molecule has 3 aromatic rings. The molecule has 31 heavy (non-hydrogen) atoms. The molecule has 9 heteroatoms. The maximum atomic E-state index is 12.2. The van der Waals surface area contributed by atoms with Crippen molar-refractivity contribution in [3.05, 3.63) is 64.1 Å². The molecule has 8 nitrogen and oxygen atoms in total. The zero-order valence-electron chi connectivity index (χ0n) is 17.8. The van der Waals surface area contributed by atoms with Crippen molar-refractivity contribution < 1.29 is 9.32 Å². The van der Waals surface area contributed by atoms with E-state index in [0.29, 0.717) is 29.8 Å². The Kier molecular flexibility index (Phi) is 6.70. The molecule has 1 aromatic carbocycles. The van der Waals surface area contributed by atoms with Gasteiger partial charge < -0.3 is 9.84 Å². The van der Waals surface area contributed by atoms with Gasteiger partial charge in [-0.1, -0.05) is 47.1 Å². The Balaban J connectivity index is 1.28. The fraction of sp³-hybridized carbons (Fsp3) is 0.409. The van der Waals surface area contributed by atoms with E-state index >= 15 is 0 Å². The van der Waals surface area contributed by atoms with Gasteiger partial charge in [0.15, 0.2) is 5.82 Å². The maximum Gasteiger partial charge on any atom is 0.239 e. The van der Waals surface area contributed by atoms with Crippen LogP contribution >= 0.6 is 11.6 Å². The van der Waals surface area contributed by atoms with Crippen LogP contribution in [-0.4, -0.2) is 63.4 Å². The SMILES string of the molecule is Cc1cc(NC(=O)CN2CCN(Cc3c(C)nn(Cc4ccccc4)c3Cl)CC2)no1. The number of aryl methyl sites for hydroxylation is 2. The number of carbonyl (C=O) groups is 1. The van der Waals surface area contributed by atoms with E-state index in [1.54, 1.807) is 13.0 Å². The first-order valence-corrected chi connectivity index (χ1v) is 10.8. The first kappa shape index (κ1) is 21.5. The minimum atomic E-state index is -0.0807. The third-order valence-corrected chi connectivity index (χ3v) is 5.89. The minimum Gasteiger partial charge on any atom is -0.360 e. The highest BCUT2D eigenvalue weighted by molar-refractivity contribution is 6.30. The van der Waals surface area contributed by atoms with E-state index in [9.17, 15) is 4.79 Å². The van der Waals surface area contributed by atoms with Crippen LogP contribution in [0.25, 0.3) is 0 Å². The molecular weight excluding hydrogens is 416 g/mol. The summed E-state index contributed by atoms with van der Waals surface area (Å²) in [4.78, 5) is 16.7. The molecule has 0 unspecified atom stereocenters. The largest absolute Gasteiger partial charge is 0.360 e. The van der Waals surface area contributed by atoms with Crippen molar-refractivity contribution >= 4 is 23.3 Å². The summed E-state index contributed by atoms with van der Waals surface area (Å²) in [5.41, 5.74) is 3.21. The third kappa shape index (κ3) is 5.52. The molecule has 0 saturated carbocycles. The Morgan fingerprint density at radius 2 is 1.81 bits per heavy atom. The van der Waals surface area contributed by atoms with Gasteiger partial charge in [0.05, 0.1) is 18.8 Å². The highest BCUT2D eigenvalue weighted by atomic mass is 35.5. The molecule has 1 aliphatic rings. The lowest BCUT2D eigenvalue weighted by atomic mass is 10.2. The van der Waals surface area contributed by atoms with Gasteiger partial charge in [0.2, 0.25) is 5.91 Å². The Hall–Kier alpha value is -2.68. The van der Waals surface area contributed by atoms with Crippen LogP contribution in [0, 0.1) is 13.8 Å². The molecule has 0 aliphatic carbocycles. The van der Waals surface area contributed by atoms with E-state index in [2.05, 4.69) is 37.5 Å². The van der Waals surface area contributed by atoms with Gasteiger partial charge in [-0.3, -0.25) is 14.6 Å². The normalized spacial score (nSPS) is 15.3. The Bertz CT molecular complexity index is 1020. The highest BCUT2D eigenvalue weighted by Crippen LogP contribution is 2.23. The zero-order chi connectivity index (χ0) is 21.8. The molecule has 164 valence electrons. The second-order valence-corrected chi connectivity index (χ2v) is 8.28. The second-order valence-electron chi connectivity index (χ2n) is 7.92. The van der Waals surface area contributed by atoms with Gasteiger partial charge in [0, 0.05) is 44.4 Å². The van der Waals surface area contributed by atoms with Crippen molar-refractivity contribution in [1.29, 1.82) is 0 Å². The van der Waals surface area contributed by atoms with Crippen molar-refractivity contribution in [3.63, 3.8) is 0 Å². The molecule has 0 radical (unpaired) electrons. The fourth-order valence-corrected chi connectivity index (χ4v) is 4.07. The zero-order valence-corrected chi connectivity index (χ0v) is 18.6. The standard InChI is InChI=1S/C22H27ClN6O2/c1-16-12-20(26-31-16)24-21(30)15-28-10-8-27(9-11-28)14-19-17(2)25-29(22(19)23)13-18-6-4-3-5-7-18/h3-7,12H,8-11,13-15H2,1-2H3,(H,24,26,30). The monoisotopic (exact) mass is 442 g/mol. The number of rotatable bonds is 7. The summed E-state index contributed by atoms with van der Waals surface area (Å²) in [5, 5.41) is 11.9. The van der Waals surface area contributed by atoms with E-state index in [4.69, 9.17) is 16.1 Å². The molecule has 1 fully saturated rings. The maximum absolute atomic E-state index is 12.2. The van der Waals surface area contributed by atoms with Crippen molar-refractivity contribution in [3.8, 4) is 0 Å². The molecule has 3 heterocycles. The lowest BCUT2D eigenvalue weighted by Gasteiger charge is -2.34. The molecule has 1 aliphatic heterocycles. The van der Waals surface area contributed by atoms with Crippen molar-refractivity contribution in [2.45, 2.75) is 26.9 Å².